The van der Waals surface area contributed by atoms with Gasteiger partial charge < -0.3 is 14.6 Å². The van der Waals surface area contributed by atoms with Gasteiger partial charge in [0.1, 0.15) is 0 Å². The summed E-state index contributed by atoms with van der Waals surface area (Å²) in [4.78, 5) is 3.86. The van der Waals surface area contributed by atoms with Gasteiger partial charge in [0.15, 0.2) is 16.5 Å². The summed E-state index contributed by atoms with van der Waals surface area (Å²) >= 11 is -1.45. The zero-order valence-corrected chi connectivity index (χ0v) is 15.8. The predicted octanol–water partition coefficient (Wildman–Crippen LogP) is 2.83. The number of rotatable bonds is 6. The molecule has 0 bridgehead atoms. The van der Waals surface area contributed by atoms with Crippen LogP contribution in [0.4, 0.5) is 0 Å². The van der Waals surface area contributed by atoms with E-state index in [0.29, 0.717) is 16.5 Å². The third-order valence-corrected chi connectivity index (χ3v) is 5.54. The Morgan fingerprint density at radius 3 is 2.38 bits per heavy atom. The number of H-pyrrole nitrogens is 1. The largest absolute Gasteiger partial charge is 0.593 e. The number of aliphatic hydroxyl groups excluding tert-OH is 1. The lowest BCUT2D eigenvalue weighted by atomic mass is 10.1. The van der Waals surface area contributed by atoms with Crippen LogP contribution in [0.25, 0.3) is 22.8 Å². The molecule has 0 radical (unpaired) electrons. The topological polar surface area (TPSA) is 96.9 Å². The van der Waals surface area contributed by atoms with Crippen molar-refractivity contribution in [2.24, 2.45) is 0 Å². The highest BCUT2D eigenvalue weighted by Crippen LogP contribution is 2.25. The van der Waals surface area contributed by atoms with Crippen LogP contribution in [0, 0.1) is 6.92 Å². The van der Waals surface area contributed by atoms with Gasteiger partial charge in [0.25, 0.3) is 0 Å². The first kappa shape index (κ1) is 18.6. The Bertz CT molecular complexity index is 880. The van der Waals surface area contributed by atoms with E-state index < -0.39 is 16.9 Å². The number of hydrogen-bond acceptors (Lipinski definition) is 5. The molecule has 0 aliphatic rings. The molecule has 0 aliphatic carbocycles. The maximum Gasteiger partial charge on any atom is 0.177 e. The Kier molecular flexibility index (Phi) is 5.43. The Morgan fingerprint density at radius 1 is 1.08 bits per heavy atom. The van der Waals surface area contributed by atoms with E-state index >= 15 is 0 Å². The van der Waals surface area contributed by atoms with Crippen molar-refractivity contribution in [1.82, 2.24) is 19.9 Å². The van der Waals surface area contributed by atoms with E-state index in [4.69, 9.17) is 0 Å². The van der Waals surface area contributed by atoms with E-state index in [2.05, 4.69) is 19.9 Å². The summed E-state index contributed by atoms with van der Waals surface area (Å²) < 4.78 is 15.6. The lowest BCUT2D eigenvalue weighted by Crippen LogP contribution is -2.46. The molecule has 136 valence electrons. The van der Waals surface area contributed by atoms with Gasteiger partial charge in [-0.25, -0.2) is 0 Å². The quantitative estimate of drug-likeness (QED) is 0.580. The molecule has 1 aromatic heterocycles. The molecule has 0 aliphatic heterocycles. The molecule has 2 aromatic carbocycles. The van der Waals surface area contributed by atoms with Gasteiger partial charge in [0, 0.05) is 22.8 Å². The van der Waals surface area contributed by atoms with Crippen LogP contribution < -0.4 is 4.72 Å². The van der Waals surface area contributed by atoms with Crippen molar-refractivity contribution in [3.63, 3.8) is 0 Å². The number of hydrogen-bond donors (Lipinski definition) is 3. The summed E-state index contributed by atoms with van der Waals surface area (Å²) in [6.45, 7) is 5.39. The molecule has 26 heavy (non-hydrogen) atoms. The smallest absolute Gasteiger partial charge is 0.177 e. The van der Waals surface area contributed by atoms with Crippen LogP contribution in [0.1, 0.15) is 19.4 Å². The number of aromatic nitrogens is 3. The van der Waals surface area contributed by atoms with Gasteiger partial charge in [-0.05, 0) is 20.8 Å². The molecule has 3 N–H and O–H groups in total. The SMILES string of the molecule is Cc1ccc(-c2nnc(-c3ccccc3)[nH]2)cc1[S+]([O-])NC(C)(C)CO. The molecule has 0 saturated carbocycles. The first-order valence-corrected chi connectivity index (χ1v) is 9.44. The first-order valence-electron chi connectivity index (χ1n) is 8.29. The Morgan fingerprint density at radius 2 is 1.73 bits per heavy atom. The number of aliphatic hydroxyl groups is 1. The molecule has 0 fully saturated rings. The van der Waals surface area contributed by atoms with Crippen molar-refractivity contribution >= 4 is 11.4 Å². The molecule has 1 heterocycles. The third kappa shape index (κ3) is 4.13. The maximum atomic E-state index is 12.7. The van der Waals surface area contributed by atoms with Crippen molar-refractivity contribution in [2.75, 3.05) is 6.61 Å². The Balaban J connectivity index is 1.89. The van der Waals surface area contributed by atoms with Crippen molar-refractivity contribution in [3.05, 3.63) is 54.1 Å². The molecule has 0 amide bonds. The van der Waals surface area contributed by atoms with Crippen LogP contribution >= 0.6 is 0 Å². The highest BCUT2D eigenvalue weighted by atomic mass is 32.2. The van der Waals surface area contributed by atoms with Gasteiger partial charge >= 0.3 is 0 Å². The summed E-state index contributed by atoms with van der Waals surface area (Å²) in [5.41, 5.74) is 2.02. The number of aryl methyl sites for hydroxylation is 1. The van der Waals surface area contributed by atoms with Gasteiger partial charge in [0.2, 0.25) is 0 Å². The minimum Gasteiger partial charge on any atom is -0.593 e. The zero-order valence-electron chi connectivity index (χ0n) is 15.0. The van der Waals surface area contributed by atoms with E-state index in [1.807, 2.05) is 55.5 Å². The Labute approximate surface area is 156 Å². The maximum absolute atomic E-state index is 12.7. The van der Waals surface area contributed by atoms with Gasteiger partial charge in [-0.2, -0.15) is 0 Å². The van der Waals surface area contributed by atoms with Crippen LogP contribution in [0.5, 0.6) is 0 Å². The van der Waals surface area contributed by atoms with Crippen LogP contribution in [0.3, 0.4) is 0 Å². The molecular formula is C19H22N4O2S. The second-order valence-electron chi connectivity index (χ2n) is 6.78. The third-order valence-electron chi connectivity index (χ3n) is 3.96. The van der Waals surface area contributed by atoms with E-state index in [-0.39, 0.29) is 6.61 Å². The standard InChI is InChI=1S/C19H22N4O2S/c1-13-9-10-15(11-16(13)26(25)23-19(2,3)12-24)18-20-17(21-22-18)14-7-5-4-6-8-14/h4-11,23-24H,12H2,1-3H3,(H,20,21,22). The summed E-state index contributed by atoms with van der Waals surface area (Å²) in [7, 11) is 0. The van der Waals surface area contributed by atoms with Gasteiger partial charge in [-0.3, -0.25) is 0 Å². The normalized spacial score (nSPS) is 13.0. The fraction of sp³-hybridized carbons (Fsp3) is 0.263. The summed E-state index contributed by atoms with van der Waals surface area (Å²) in [5, 5.41) is 17.8. The molecule has 1 atom stereocenters. The molecule has 3 aromatic rings. The number of nitrogens with zero attached hydrogens (tertiary/aromatic N) is 2. The zero-order chi connectivity index (χ0) is 18.7. The molecule has 6 nitrogen and oxygen atoms in total. The van der Waals surface area contributed by atoms with E-state index in [1.165, 1.54) is 0 Å². The highest BCUT2D eigenvalue weighted by Gasteiger charge is 2.26. The predicted molar refractivity (Wildman–Crippen MR) is 103 cm³/mol. The first-order chi connectivity index (χ1) is 12.4. The second-order valence-corrected chi connectivity index (χ2v) is 7.96. The summed E-state index contributed by atoms with van der Waals surface area (Å²) in [6, 6.07) is 15.4. The average Bonchev–Trinajstić information content (AvgIpc) is 3.12. The minimum atomic E-state index is -1.45. The lowest BCUT2D eigenvalue weighted by Gasteiger charge is -2.24. The van der Waals surface area contributed by atoms with Crippen LogP contribution in [-0.2, 0) is 11.4 Å². The lowest BCUT2D eigenvalue weighted by molar-refractivity contribution is 0.208. The number of benzene rings is 2. The fourth-order valence-corrected chi connectivity index (χ4v) is 3.67. The fourth-order valence-electron chi connectivity index (χ4n) is 2.40. The van der Waals surface area contributed by atoms with E-state index in [0.717, 1.165) is 16.7 Å². The van der Waals surface area contributed by atoms with Crippen LogP contribution in [0.15, 0.2) is 53.4 Å². The Hall–Kier alpha value is -2.19. The van der Waals surface area contributed by atoms with Crippen molar-refractivity contribution in [3.8, 4) is 22.8 Å². The summed E-state index contributed by atoms with van der Waals surface area (Å²) in [6.07, 6.45) is 0. The molecule has 3 rings (SSSR count). The number of nitrogens with one attached hydrogen (secondary N) is 2. The van der Waals surface area contributed by atoms with Gasteiger partial charge in [-0.1, -0.05) is 42.5 Å². The molecule has 7 heteroatoms. The van der Waals surface area contributed by atoms with E-state index in [1.54, 1.807) is 13.8 Å². The summed E-state index contributed by atoms with van der Waals surface area (Å²) in [5.74, 6) is 1.30. The minimum absolute atomic E-state index is 0.111. The van der Waals surface area contributed by atoms with Crippen LogP contribution in [-0.4, -0.2) is 37.0 Å². The van der Waals surface area contributed by atoms with Crippen LogP contribution in [0.2, 0.25) is 0 Å². The molecule has 0 saturated heterocycles. The molecule has 0 spiro atoms. The van der Waals surface area contributed by atoms with Crippen molar-refractivity contribution in [1.29, 1.82) is 0 Å². The molecule has 1 unspecified atom stereocenters. The van der Waals surface area contributed by atoms with Gasteiger partial charge in [0.05, 0.1) is 23.5 Å². The van der Waals surface area contributed by atoms with Crippen molar-refractivity contribution in [2.45, 2.75) is 31.2 Å². The monoisotopic (exact) mass is 370 g/mol. The van der Waals surface area contributed by atoms with E-state index in [9.17, 15) is 9.66 Å². The molecular weight excluding hydrogens is 348 g/mol. The highest BCUT2D eigenvalue weighted by molar-refractivity contribution is 7.89. The number of aromatic amines is 1. The van der Waals surface area contributed by atoms with Gasteiger partial charge in [-0.15, -0.1) is 14.9 Å². The second kappa shape index (κ2) is 7.59. The average molecular weight is 370 g/mol. The van der Waals surface area contributed by atoms with Crippen molar-refractivity contribution < 1.29 is 9.66 Å².